The average molecular weight is 469 g/mol. The number of imidazole rings is 1. The largest absolute Gasteiger partial charge is 0.465 e. The Morgan fingerprint density at radius 1 is 1.32 bits per heavy atom. The molecule has 2 aromatic carbocycles. The molecule has 0 aliphatic heterocycles. The van der Waals surface area contributed by atoms with E-state index in [1.165, 1.54) is 38.7 Å². The van der Waals surface area contributed by atoms with Crippen molar-refractivity contribution >= 4 is 39.4 Å². The van der Waals surface area contributed by atoms with Crippen molar-refractivity contribution in [3.8, 4) is 11.1 Å². The number of aromatic nitrogens is 2. The van der Waals surface area contributed by atoms with Gasteiger partial charge in [0.15, 0.2) is 0 Å². The van der Waals surface area contributed by atoms with Crippen molar-refractivity contribution in [3.05, 3.63) is 60.2 Å². The summed E-state index contributed by atoms with van der Waals surface area (Å²) in [5, 5.41) is 0. The van der Waals surface area contributed by atoms with E-state index in [9.17, 15) is 17.6 Å². The number of nitrogens with one attached hydrogen (secondary N) is 1. The SMILES string of the molecule is CNS(=O)(=O)c1cccc(-c2cc(C(=O)OC)cc3c2ncn3C/C(F)=C/CN)c1.Cl. The van der Waals surface area contributed by atoms with Crippen LogP contribution in [0.15, 0.2) is 59.5 Å². The third-order valence-electron chi connectivity index (χ3n) is 4.53. The Balaban J connectivity index is 0.00000341. The van der Waals surface area contributed by atoms with Gasteiger partial charge < -0.3 is 15.0 Å². The fourth-order valence-electron chi connectivity index (χ4n) is 3.05. The maximum Gasteiger partial charge on any atom is 0.337 e. The molecule has 0 saturated carbocycles. The van der Waals surface area contributed by atoms with Crippen LogP contribution in [0, 0.1) is 0 Å². The quantitative estimate of drug-likeness (QED) is 0.515. The number of nitrogens with two attached hydrogens (primary N) is 1. The summed E-state index contributed by atoms with van der Waals surface area (Å²) in [5.41, 5.74) is 7.62. The zero-order valence-corrected chi connectivity index (χ0v) is 18.5. The zero-order valence-electron chi connectivity index (χ0n) is 16.8. The smallest absolute Gasteiger partial charge is 0.337 e. The number of esters is 1. The van der Waals surface area contributed by atoms with Crippen molar-refractivity contribution in [1.29, 1.82) is 0 Å². The summed E-state index contributed by atoms with van der Waals surface area (Å²) in [7, 11) is -1.09. The number of hydrogen-bond acceptors (Lipinski definition) is 6. The van der Waals surface area contributed by atoms with Crippen molar-refractivity contribution < 1.29 is 22.3 Å². The minimum absolute atomic E-state index is 0. The number of allylic oxidation sites excluding steroid dienone is 1. The lowest BCUT2D eigenvalue weighted by Crippen LogP contribution is -2.18. The minimum Gasteiger partial charge on any atom is -0.465 e. The highest BCUT2D eigenvalue weighted by Crippen LogP contribution is 2.31. The van der Waals surface area contributed by atoms with Gasteiger partial charge in [-0.3, -0.25) is 0 Å². The topological polar surface area (TPSA) is 116 Å². The van der Waals surface area contributed by atoms with Gasteiger partial charge >= 0.3 is 5.97 Å². The summed E-state index contributed by atoms with van der Waals surface area (Å²) in [6.07, 6.45) is 2.70. The number of halogens is 2. The van der Waals surface area contributed by atoms with Crippen LogP contribution in [0.1, 0.15) is 10.4 Å². The van der Waals surface area contributed by atoms with Crippen LogP contribution in [0.5, 0.6) is 0 Å². The summed E-state index contributed by atoms with van der Waals surface area (Å²) < 4.78 is 47.1. The lowest BCUT2D eigenvalue weighted by molar-refractivity contribution is 0.0601. The molecule has 31 heavy (non-hydrogen) atoms. The fraction of sp³-hybridized carbons (Fsp3) is 0.200. The molecule has 166 valence electrons. The zero-order chi connectivity index (χ0) is 21.9. The molecule has 3 N–H and O–H groups in total. The molecule has 0 aliphatic rings. The van der Waals surface area contributed by atoms with Crippen molar-refractivity contribution in [2.75, 3.05) is 20.7 Å². The summed E-state index contributed by atoms with van der Waals surface area (Å²) in [5.74, 6) is -1.02. The fourth-order valence-corrected chi connectivity index (χ4v) is 3.82. The number of benzene rings is 2. The highest BCUT2D eigenvalue weighted by atomic mass is 35.5. The number of carbonyl (C=O) groups is 1. The second-order valence-corrected chi connectivity index (χ2v) is 8.26. The number of rotatable bonds is 7. The Bertz CT molecular complexity index is 1240. The lowest BCUT2D eigenvalue weighted by Gasteiger charge is -2.10. The van der Waals surface area contributed by atoms with E-state index < -0.39 is 21.8 Å². The molecule has 0 radical (unpaired) electrons. The van der Waals surface area contributed by atoms with Gasteiger partial charge in [-0.05, 0) is 43.0 Å². The molecular weight excluding hydrogens is 447 g/mol. The number of sulfonamides is 1. The van der Waals surface area contributed by atoms with E-state index in [4.69, 9.17) is 10.5 Å². The second kappa shape index (κ2) is 10.0. The van der Waals surface area contributed by atoms with Gasteiger partial charge in [0.2, 0.25) is 10.0 Å². The minimum atomic E-state index is -3.67. The standard InChI is InChI=1S/C20H21FN4O4S.ClH/c1-23-30(27,28)16-5-3-4-13(8-16)17-9-14(20(26)29-2)10-18-19(17)24-12-25(18)11-15(21)6-7-22;/h3-6,8-10,12,23H,7,11,22H2,1-2H3;1H/b15-6-;. The summed E-state index contributed by atoms with van der Waals surface area (Å²) in [6, 6.07) is 9.37. The molecular formula is C20H22ClFN4O4S. The third kappa shape index (κ3) is 5.10. The van der Waals surface area contributed by atoms with Gasteiger partial charge in [0.05, 0.1) is 41.5 Å². The maximum atomic E-state index is 14.0. The number of ether oxygens (including phenoxy) is 1. The molecule has 11 heteroatoms. The normalized spacial score (nSPS) is 11.9. The average Bonchev–Trinajstić information content (AvgIpc) is 3.15. The van der Waals surface area contributed by atoms with Crippen LogP contribution in [-0.4, -0.2) is 44.6 Å². The van der Waals surface area contributed by atoms with Crippen molar-refractivity contribution in [1.82, 2.24) is 14.3 Å². The van der Waals surface area contributed by atoms with Crippen LogP contribution in [0.4, 0.5) is 4.39 Å². The summed E-state index contributed by atoms with van der Waals surface area (Å²) >= 11 is 0. The van der Waals surface area contributed by atoms with Crippen LogP contribution in [-0.2, 0) is 21.3 Å². The molecule has 1 aromatic heterocycles. The van der Waals surface area contributed by atoms with E-state index in [1.54, 1.807) is 28.8 Å². The van der Waals surface area contributed by atoms with Crippen molar-refractivity contribution in [2.45, 2.75) is 11.4 Å². The Kier molecular flexibility index (Phi) is 7.91. The number of hydrogen-bond donors (Lipinski definition) is 2. The Hall–Kier alpha value is -2.79. The Morgan fingerprint density at radius 3 is 2.71 bits per heavy atom. The summed E-state index contributed by atoms with van der Waals surface area (Å²) in [4.78, 5) is 16.6. The number of methoxy groups -OCH3 is 1. The van der Waals surface area contributed by atoms with Gasteiger partial charge in [0, 0.05) is 12.1 Å². The highest BCUT2D eigenvalue weighted by molar-refractivity contribution is 7.89. The molecule has 0 amide bonds. The molecule has 1 heterocycles. The molecule has 0 spiro atoms. The van der Waals surface area contributed by atoms with Gasteiger partial charge in [-0.15, -0.1) is 12.4 Å². The summed E-state index contributed by atoms with van der Waals surface area (Å²) in [6.45, 7) is -0.0458. The van der Waals surface area contributed by atoms with Gasteiger partial charge in [-0.1, -0.05) is 12.1 Å². The van der Waals surface area contributed by atoms with E-state index in [0.717, 1.165) is 0 Å². The van der Waals surface area contributed by atoms with Gasteiger partial charge in [-0.25, -0.2) is 27.3 Å². The predicted octanol–water partition coefficient (Wildman–Crippen LogP) is 2.63. The first kappa shape index (κ1) is 24.5. The Labute approximate surface area is 185 Å². The molecule has 0 unspecified atom stereocenters. The molecule has 3 aromatic rings. The van der Waals surface area contributed by atoms with Crippen LogP contribution in [0.25, 0.3) is 22.2 Å². The molecule has 8 nitrogen and oxygen atoms in total. The number of nitrogens with zero attached hydrogens (tertiary/aromatic N) is 2. The number of carbonyl (C=O) groups excluding carboxylic acids is 1. The second-order valence-electron chi connectivity index (χ2n) is 6.38. The van der Waals surface area contributed by atoms with Crippen molar-refractivity contribution in [3.63, 3.8) is 0 Å². The van der Waals surface area contributed by atoms with Crippen LogP contribution >= 0.6 is 12.4 Å². The van der Waals surface area contributed by atoms with E-state index in [1.807, 2.05) is 0 Å². The van der Waals surface area contributed by atoms with E-state index in [-0.39, 0.29) is 36.0 Å². The monoisotopic (exact) mass is 468 g/mol. The molecule has 0 bridgehead atoms. The van der Waals surface area contributed by atoms with E-state index in [2.05, 4.69) is 9.71 Å². The molecule has 0 saturated heterocycles. The van der Waals surface area contributed by atoms with Crippen molar-refractivity contribution in [2.24, 2.45) is 5.73 Å². The van der Waals surface area contributed by atoms with Crippen LogP contribution < -0.4 is 10.5 Å². The van der Waals surface area contributed by atoms with E-state index in [0.29, 0.717) is 22.2 Å². The first-order valence-corrected chi connectivity index (χ1v) is 10.4. The molecule has 3 rings (SSSR count). The maximum absolute atomic E-state index is 14.0. The van der Waals surface area contributed by atoms with Gasteiger partial charge in [-0.2, -0.15) is 0 Å². The van der Waals surface area contributed by atoms with Crippen LogP contribution in [0.2, 0.25) is 0 Å². The van der Waals surface area contributed by atoms with Gasteiger partial charge in [0.25, 0.3) is 0 Å². The highest BCUT2D eigenvalue weighted by Gasteiger charge is 2.18. The van der Waals surface area contributed by atoms with Gasteiger partial charge in [0.1, 0.15) is 5.83 Å². The molecule has 0 fully saturated rings. The third-order valence-corrected chi connectivity index (χ3v) is 5.94. The van der Waals surface area contributed by atoms with Crippen LogP contribution in [0.3, 0.4) is 0 Å². The predicted molar refractivity (Wildman–Crippen MR) is 118 cm³/mol. The van der Waals surface area contributed by atoms with E-state index >= 15 is 0 Å². The first-order chi connectivity index (χ1) is 14.3. The molecule has 0 aliphatic carbocycles. The first-order valence-electron chi connectivity index (χ1n) is 8.96. The Morgan fingerprint density at radius 2 is 2.06 bits per heavy atom. The lowest BCUT2D eigenvalue weighted by atomic mass is 10.0. The molecule has 0 atom stereocenters. The number of fused-ring (bicyclic) bond motifs is 1.